The van der Waals surface area contributed by atoms with Gasteiger partial charge in [-0.2, -0.15) is 4.57 Å². The summed E-state index contributed by atoms with van der Waals surface area (Å²) in [5.41, 5.74) is 1.16. The molecule has 0 unspecified atom stereocenters. The van der Waals surface area contributed by atoms with Gasteiger partial charge < -0.3 is 9.84 Å². The zero-order valence-corrected chi connectivity index (χ0v) is 11.5. The number of nitrogens with zero attached hydrogens (tertiary/aromatic N) is 1. The van der Waals surface area contributed by atoms with E-state index in [1.54, 1.807) is 11.3 Å². The molecule has 3 nitrogen and oxygen atoms in total. The van der Waals surface area contributed by atoms with Crippen LogP contribution in [-0.2, 0) is 11.3 Å². The number of aliphatic hydroxyl groups excluding tert-OH is 1. The van der Waals surface area contributed by atoms with Crippen LogP contribution in [-0.4, -0.2) is 18.3 Å². The van der Waals surface area contributed by atoms with E-state index in [4.69, 9.17) is 4.74 Å². The molecule has 0 spiro atoms. The van der Waals surface area contributed by atoms with Crippen LogP contribution in [0.5, 0.6) is 0 Å². The summed E-state index contributed by atoms with van der Waals surface area (Å²) in [6.07, 6.45) is 2.03. The van der Waals surface area contributed by atoms with E-state index in [1.165, 1.54) is 4.70 Å². The average Bonchev–Trinajstić information content (AvgIpc) is 2.68. The number of aromatic nitrogens is 1. The number of rotatable bonds is 5. The van der Waals surface area contributed by atoms with Crippen LogP contribution in [0.25, 0.3) is 16.3 Å². The van der Waals surface area contributed by atoms with Gasteiger partial charge in [0, 0.05) is 6.07 Å². The number of hydrogen-bond acceptors (Lipinski definition) is 3. The molecule has 0 amide bonds. The Morgan fingerprint density at radius 3 is 2.94 bits per heavy atom. The van der Waals surface area contributed by atoms with Crippen molar-refractivity contribution in [2.45, 2.75) is 20.4 Å². The Hall–Kier alpha value is -1.39. The molecule has 0 atom stereocenters. The van der Waals surface area contributed by atoms with E-state index in [-0.39, 0.29) is 6.61 Å². The minimum atomic E-state index is 0.139. The predicted molar refractivity (Wildman–Crippen MR) is 74.4 cm³/mol. The molecule has 0 aliphatic rings. The summed E-state index contributed by atoms with van der Waals surface area (Å²) in [5, 5.41) is 10.3. The molecular weight excluding hydrogens is 246 g/mol. The molecule has 1 aromatic heterocycles. The number of benzene rings is 1. The summed E-state index contributed by atoms with van der Waals surface area (Å²) in [4.78, 5) is 0. The van der Waals surface area contributed by atoms with Gasteiger partial charge in [0.15, 0.2) is 6.54 Å². The van der Waals surface area contributed by atoms with Gasteiger partial charge in [0.1, 0.15) is 17.1 Å². The third-order valence-corrected chi connectivity index (χ3v) is 3.77. The first-order chi connectivity index (χ1) is 8.76. The summed E-state index contributed by atoms with van der Waals surface area (Å²) >= 11 is 1.71. The highest BCUT2D eigenvalue weighted by atomic mass is 32.1. The zero-order valence-electron chi connectivity index (χ0n) is 10.7. The van der Waals surface area contributed by atoms with Crippen LogP contribution >= 0.6 is 11.3 Å². The first kappa shape index (κ1) is 13.1. The van der Waals surface area contributed by atoms with Crippen molar-refractivity contribution < 1.29 is 14.4 Å². The Labute approximate surface area is 111 Å². The highest BCUT2D eigenvalue weighted by Crippen LogP contribution is 2.22. The van der Waals surface area contributed by atoms with Gasteiger partial charge in [-0.25, -0.2) is 0 Å². The van der Waals surface area contributed by atoms with Gasteiger partial charge in [0.05, 0.1) is 12.7 Å². The van der Waals surface area contributed by atoms with E-state index in [2.05, 4.69) is 16.7 Å². The Morgan fingerprint density at radius 2 is 2.22 bits per heavy atom. The molecule has 0 radical (unpaired) electrons. The van der Waals surface area contributed by atoms with Gasteiger partial charge in [-0.15, -0.1) is 0 Å². The lowest BCUT2D eigenvalue weighted by Gasteiger charge is -2.00. The van der Waals surface area contributed by atoms with Crippen molar-refractivity contribution in [3.05, 3.63) is 35.0 Å². The molecule has 0 saturated carbocycles. The first-order valence-corrected chi connectivity index (χ1v) is 6.91. The summed E-state index contributed by atoms with van der Waals surface area (Å²) < 4.78 is 8.82. The molecule has 1 heterocycles. The number of ether oxygens (including phenoxy) is 1. The zero-order chi connectivity index (χ0) is 13.0. The van der Waals surface area contributed by atoms with Crippen LogP contribution in [0.3, 0.4) is 0 Å². The summed E-state index contributed by atoms with van der Waals surface area (Å²) in [5.74, 6) is 0.899. The van der Waals surface area contributed by atoms with Gasteiger partial charge in [-0.05, 0) is 19.9 Å². The van der Waals surface area contributed by atoms with E-state index in [9.17, 15) is 5.11 Å². The number of thiazole rings is 1. The number of aliphatic hydroxyl groups is 1. The molecule has 0 aliphatic carbocycles. The quantitative estimate of drug-likeness (QED) is 0.665. The number of para-hydroxylation sites is 1. The predicted octanol–water partition coefficient (Wildman–Crippen LogP) is 2.58. The largest absolute Gasteiger partial charge is 0.498 e. The SMILES string of the molecule is CCOC(C)=Cc1sc2ccccc2[n+]1CCO. The minimum Gasteiger partial charge on any atom is -0.498 e. The Morgan fingerprint density at radius 1 is 1.44 bits per heavy atom. The summed E-state index contributed by atoms with van der Waals surface area (Å²) in [6, 6.07) is 8.23. The molecule has 4 heteroatoms. The van der Waals surface area contributed by atoms with Crippen molar-refractivity contribution in [3.63, 3.8) is 0 Å². The molecule has 1 N–H and O–H groups in total. The number of hydrogen-bond donors (Lipinski definition) is 1. The van der Waals surface area contributed by atoms with Gasteiger partial charge >= 0.3 is 0 Å². The molecule has 2 rings (SSSR count). The maximum atomic E-state index is 9.19. The van der Waals surface area contributed by atoms with E-state index in [0.29, 0.717) is 13.2 Å². The van der Waals surface area contributed by atoms with E-state index in [0.717, 1.165) is 16.3 Å². The normalized spacial score (nSPS) is 12.1. The fourth-order valence-electron chi connectivity index (χ4n) is 1.93. The van der Waals surface area contributed by atoms with E-state index >= 15 is 0 Å². The standard InChI is InChI=1S/C14H18NO2S/c1-3-17-11(2)10-14-15(8-9-16)12-6-4-5-7-13(12)18-14/h4-7,10,16H,3,8-9H2,1-2H3/q+1. The molecule has 0 saturated heterocycles. The smallest absolute Gasteiger partial charge is 0.266 e. The van der Waals surface area contributed by atoms with Crippen molar-refractivity contribution in [1.82, 2.24) is 0 Å². The van der Waals surface area contributed by atoms with Crippen LogP contribution in [0, 0.1) is 0 Å². The second-order valence-corrected chi connectivity index (χ2v) is 5.03. The lowest BCUT2D eigenvalue weighted by Crippen LogP contribution is -2.36. The lowest BCUT2D eigenvalue weighted by molar-refractivity contribution is -0.670. The minimum absolute atomic E-state index is 0.139. The van der Waals surface area contributed by atoms with Crippen molar-refractivity contribution in [2.24, 2.45) is 0 Å². The maximum absolute atomic E-state index is 9.19. The molecule has 18 heavy (non-hydrogen) atoms. The van der Waals surface area contributed by atoms with Crippen LogP contribution in [0.2, 0.25) is 0 Å². The third kappa shape index (κ3) is 2.71. The second-order valence-electron chi connectivity index (χ2n) is 3.97. The Kier molecular flexibility index (Phi) is 4.33. The Balaban J connectivity index is 2.48. The Bertz CT molecular complexity index is 560. The molecule has 2 aromatic rings. The molecule has 0 fully saturated rings. The lowest BCUT2D eigenvalue weighted by atomic mass is 10.3. The van der Waals surface area contributed by atoms with Crippen LogP contribution in [0.4, 0.5) is 0 Å². The molecular formula is C14H18NO2S+. The fraction of sp³-hybridized carbons (Fsp3) is 0.357. The highest BCUT2D eigenvalue weighted by Gasteiger charge is 2.18. The fourth-order valence-corrected chi connectivity index (χ4v) is 3.11. The first-order valence-electron chi connectivity index (χ1n) is 6.09. The monoisotopic (exact) mass is 264 g/mol. The molecule has 0 bridgehead atoms. The molecule has 1 aromatic carbocycles. The van der Waals surface area contributed by atoms with Crippen LogP contribution in [0.1, 0.15) is 18.9 Å². The molecule has 0 aliphatic heterocycles. The van der Waals surface area contributed by atoms with Crippen molar-refractivity contribution in [2.75, 3.05) is 13.2 Å². The van der Waals surface area contributed by atoms with Crippen molar-refractivity contribution in [3.8, 4) is 0 Å². The molecule has 96 valence electrons. The topological polar surface area (TPSA) is 33.3 Å². The van der Waals surface area contributed by atoms with Gasteiger partial charge in [0.2, 0.25) is 5.52 Å². The third-order valence-electron chi connectivity index (χ3n) is 2.66. The maximum Gasteiger partial charge on any atom is 0.266 e. The highest BCUT2D eigenvalue weighted by molar-refractivity contribution is 7.18. The van der Waals surface area contributed by atoms with Crippen LogP contribution in [0.15, 0.2) is 30.0 Å². The van der Waals surface area contributed by atoms with Crippen LogP contribution < -0.4 is 4.57 Å². The number of fused-ring (bicyclic) bond motifs is 1. The van der Waals surface area contributed by atoms with E-state index in [1.807, 2.05) is 32.1 Å². The number of allylic oxidation sites excluding steroid dienone is 1. The average molecular weight is 264 g/mol. The van der Waals surface area contributed by atoms with Crippen molar-refractivity contribution in [1.29, 1.82) is 0 Å². The van der Waals surface area contributed by atoms with Gasteiger partial charge in [-0.3, -0.25) is 0 Å². The van der Waals surface area contributed by atoms with Crippen molar-refractivity contribution >= 4 is 27.6 Å². The van der Waals surface area contributed by atoms with Gasteiger partial charge in [-0.1, -0.05) is 23.5 Å². The summed E-state index contributed by atoms with van der Waals surface area (Å²) in [6.45, 7) is 5.35. The second kappa shape index (κ2) is 5.98. The van der Waals surface area contributed by atoms with Gasteiger partial charge in [0.25, 0.3) is 5.01 Å². The summed E-state index contributed by atoms with van der Waals surface area (Å²) in [7, 11) is 0. The van der Waals surface area contributed by atoms with E-state index < -0.39 is 0 Å².